The molecule has 0 aliphatic rings. The van der Waals surface area contributed by atoms with Crippen molar-refractivity contribution in [3.8, 4) is 0 Å². The standard InChI is InChI=1S/C11H15BrN2O2/c1-7(2)6-16-11(15)14-10-5-8(3)4-9(12)13-10/h4-5,7H,6H2,1-3H3,(H,13,14,15). The molecule has 16 heavy (non-hydrogen) atoms. The van der Waals surface area contributed by atoms with Crippen molar-refractivity contribution in [2.75, 3.05) is 11.9 Å². The van der Waals surface area contributed by atoms with Gasteiger partial charge < -0.3 is 4.74 Å². The van der Waals surface area contributed by atoms with Gasteiger partial charge in [0.15, 0.2) is 0 Å². The molecule has 0 aliphatic carbocycles. The molecule has 1 amide bonds. The van der Waals surface area contributed by atoms with Crippen LogP contribution in [0.15, 0.2) is 16.7 Å². The first-order chi connectivity index (χ1) is 7.47. The molecule has 0 unspecified atom stereocenters. The Kier molecular flexibility index (Phi) is 4.73. The normalized spacial score (nSPS) is 10.3. The lowest BCUT2D eigenvalue weighted by Gasteiger charge is -2.08. The van der Waals surface area contributed by atoms with Crippen LogP contribution < -0.4 is 5.32 Å². The molecular formula is C11H15BrN2O2. The molecule has 0 bridgehead atoms. The van der Waals surface area contributed by atoms with Crippen LogP contribution in [-0.2, 0) is 4.74 Å². The van der Waals surface area contributed by atoms with Crippen molar-refractivity contribution in [1.82, 2.24) is 4.98 Å². The minimum Gasteiger partial charge on any atom is -0.449 e. The fourth-order valence-corrected chi connectivity index (χ4v) is 1.62. The summed E-state index contributed by atoms with van der Waals surface area (Å²) in [5.41, 5.74) is 1.01. The largest absolute Gasteiger partial charge is 0.449 e. The van der Waals surface area contributed by atoms with Crippen LogP contribution >= 0.6 is 15.9 Å². The van der Waals surface area contributed by atoms with E-state index in [4.69, 9.17) is 4.74 Å². The van der Waals surface area contributed by atoms with Gasteiger partial charge in [-0.05, 0) is 46.5 Å². The predicted octanol–water partition coefficient (Wildman–Crippen LogP) is 3.36. The van der Waals surface area contributed by atoms with Gasteiger partial charge in [0.2, 0.25) is 0 Å². The molecule has 0 atom stereocenters. The summed E-state index contributed by atoms with van der Waals surface area (Å²) in [7, 11) is 0. The first kappa shape index (κ1) is 13.0. The number of hydrogen-bond donors (Lipinski definition) is 1. The lowest BCUT2D eigenvalue weighted by atomic mass is 10.2. The van der Waals surface area contributed by atoms with Gasteiger partial charge in [0.05, 0.1) is 6.61 Å². The lowest BCUT2D eigenvalue weighted by Crippen LogP contribution is -2.17. The molecule has 0 radical (unpaired) electrons. The Hall–Kier alpha value is -1.10. The number of ether oxygens (including phenoxy) is 1. The Morgan fingerprint density at radius 1 is 1.56 bits per heavy atom. The van der Waals surface area contributed by atoms with Crippen LogP contribution in [-0.4, -0.2) is 17.7 Å². The maximum atomic E-state index is 11.4. The first-order valence-electron chi connectivity index (χ1n) is 5.05. The zero-order valence-electron chi connectivity index (χ0n) is 9.58. The third kappa shape index (κ3) is 4.61. The van der Waals surface area contributed by atoms with E-state index in [9.17, 15) is 4.79 Å². The maximum Gasteiger partial charge on any atom is 0.412 e. The molecule has 0 saturated heterocycles. The molecule has 1 aromatic heterocycles. The van der Waals surface area contributed by atoms with E-state index in [1.165, 1.54) is 0 Å². The number of hydrogen-bond acceptors (Lipinski definition) is 3. The highest BCUT2D eigenvalue weighted by Gasteiger charge is 2.06. The van der Waals surface area contributed by atoms with Crippen molar-refractivity contribution in [3.05, 3.63) is 22.3 Å². The van der Waals surface area contributed by atoms with Crippen molar-refractivity contribution < 1.29 is 9.53 Å². The number of aryl methyl sites for hydroxylation is 1. The van der Waals surface area contributed by atoms with Crippen LogP contribution in [0.5, 0.6) is 0 Å². The second kappa shape index (κ2) is 5.84. The van der Waals surface area contributed by atoms with Gasteiger partial charge in [-0.2, -0.15) is 0 Å². The number of nitrogens with one attached hydrogen (secondary N) is 1. The minimum atomic E-state index is -0.473. The summed E-state index contributed by atoms with van der Waals surface area (Å²) in [5.74, 6) is 0.809. The van der Waals surface area contributed by atoms with Gasteiger partial charge in [0.1, 0.15) is 10.4 Å². The summed E-state index contributed by atoms with van der Waals surface area (Å²) in [6.07, 6.45) is -0.473. The smallest absolute Gasteiger partial charge is 0.412 e. The number of halogens is 1. The van der Waals surface area contributed by atoms with Gasteiger partial charge in [-0.3, -0.25) is 5.32 Å². The van der Waals surface area contributed by atoms with Crippen LogP contribution in [0.25, 0.3) is 0 Å². The van der Waals surface area contributed by atoms with E-state index < -0.39 is 6.09 Å². The number of carbonyl (C=O) groups excluding carboxylic acids is 1. The molecule has 88 valence electrons. The van der Waals surface area contributed by atoms with Gasteiger partial charge in [0, 0.05) is 0 Å². The molecule has 0 saturated carbocycles. The first-order valence-corrected chi connectivity index (χ1v) is 5.84. The van der Waals surface area contributed by atoms with Crippen molar-refractivity contribution in [1.29, 1.82) is 0 Å². The Bertz CT molecular complexity index is 360. The van der Waals surface area contributed by atoms with E-state index in [-0.39, 0.29) is 0 Å². The van der Waals surface area contributed by atoms with E-state index in [0.717, 1.165) is 5.56 Å². The second-order valence-corrected chi connectivity index (χ2v) is 4.78. The zero-order chi connectivity index (χ0) is 12.1. The molecule has 4 nitrogen and oxygen atoms in total. The number of rotatable bonds is 3. The van der Waals surface area contributed by atoms with Crippen molar-refractivity contribution in [3.63, 3.8) is 0 Å². The van der Waals surface area contributed by atoms with Gasteiger partial charge in [0.25, 0.3) is 0 Å². The van der Waals surface area contributed by atoms with E-state index >= 15 is 0 Å². The lowest BCUT2D eigenvalue weighted by molar-refractivity contribution is 0.147. The molecular weight excluding hydrogens is 272 g/mol. The molecule has 0 aromatic carbocycles. The van der Waals surface area contributed by atoms with Gasteiger partial charge in [-0.1, -0.05) is 13.8 Å². The van der Waals surface area contributed by atoms with E-state index in [1.54, 1.807) is 6.07 Å². The van der Waals surface area contributed by atoms with E-state index in [1.807, 2.05) is 26.8 Å². The number of carbonyl (C=O) groups is 1. The Labute approximate surface area is 104 Å². The van der Waals surface area contributed by atoms with Crippen molar-refractivity contribution in [2.45, 2.75) is 20.8 Å². The number of aromatic nitrogens is 1. The van der Waals surface area contributed by atoms with Crippen LogP contribution in [0.1, 0.15) is 19.4 Å². The maximum absolute atomic E-state index is 11.4. The summed E-state index contributed by atoms with van der Waals surface area (Å²) in [4.78, 5) is 15.5. The summed E-state index contributed by atoms with van der Waals surface area (Å²) in [6.45, 7) is 6.29. The fourth-order valence-electron chi connectivity index (χ4n) is 1.07. The average Bonchev–Trinajstić information content (AvgIpc) is 2.12. The minimum absolute atomic E-state index is 0.322. The van der Waals surface area contributed by atoms with E-state index in [0.29, 0.717) is 22.9 Å². The highest BCUT2D eigenvalue weighted by Crippen LogP contribution is 2.14. The molecule has 5 heteroatoms. The summed E-state index contributed by atoms with van der Waals surface area (Å²) in [5, 5.41) is 2.58. The molecule has 0 fully saturated rings. The Morgan fingerprint density at radius 3 is 2.81 bits per heavy atom. The second-order valence-electron chi connectivity index (χ2n) is 3.97. The Balaban J connectivity index is 2.56. The Morgan fingerprint density at radius 2 is 2.25 bits per heavy atom. The monoisotopic (exact) mass is 286 g/mol. The molecule has 1 rings (SSSR count). The van der Waals surface area contributed by atoms with Crippen LogP contribution in [0.4, 0.5) is 10.6 Å². The average molecular weight is 287 g/mol. The van der Waals surface area contributed by atoms with Gasteiger partial charge in [-0.25, -0.2) is 9.78 Å². The molecule has 0 spiro atoms. The fraction of sp³-hybridized carbons (Fsp3) is 0.455. The molecule has 1 N–H and O–H groups in total. The van der Waals surface area contributed by atoms with Crippen molar-refractivity contribution in [2.24, 2.45) is 5.92 Å². The van der Waals surface area contributed by atoms with E-state index in [2.05, 4.69) is 26.2 Å². The number of anilines is 1. The number of nitrogens with zero attached hydrogens (tertiary/aromatic N) is 1. The quantitative estimate of drug-likeness (QED) is 0.867. The topological polar surface area (TPSA) is 51.2 Å². The van der Waals surface area contributed by atoms with Crippen LogP contribution in [0, 0.1) is 12.8 Å². The van der Waals surface area contributed by atoms with Gasteiger partial charge in [-0.15, -0.1) is 0 Å². The summed E-state index contributed by atoms with van der Waals surface area (Å²) < 4.78 is 5.67. The highest BCUT2D eigenvalue weighted by atomic mass is 79.9. The number of pyridine rings is 1. The zero-order valence-corrected chi connectivity index (χ0v) is 11.2. The third-order valence-electron chi connectivity index (χ3n) is 1.72. The molecule has 1 aromatic rings. The molecule has 0 aliphatic heterocycles. The summed E-state index contributed by atoms with van der Waals surface area (Å²) in [6, 6.07) is 3.64. The molecule has 1 heterocycles. The number of amides is 1. The summed E-state index contributed by atoms with van der Waals surface area (Å²) >= 11 is 3.26. The van der Waals surface area contributed by atoms with Crippen molar-refractivity contribution >= 4 is 27.8 Å². The SMILES string of the molecule is Cc1cc(Br)nc(NC(=O)OCC(C)C)c1. The predicted molar refractivity (Wildman–Crippen MR) is 66.5 cm³/mol. The van der Waals surface area contributed by atoms with Crippen LogP contribution in [0.3, 0.4) is 0 Å². The third-order valence-corrected chi connectivity index (χ3v) is 2.12. The highest BCUT2D eigenvalue weighted by molar-refractivity contribution is 9.10. The van der Waals surface area contributed by atoms with Crippen LogP contribution in [0.2, 0.25) is 0 Å². The van der Waals surface area contributed by atoms with Gasteiger partial charge >= 0.3 is 6.09 Å².